The summed E-state index contributed by atoms with van der Waals surface area (Å²) in [6, 6.07) is 22.0. The van der Waals surface area contributed by atoms with Crippen LogP contribution in [0, 0.1) is 0 Å². The van der Waals surface area contributed by atoms with E-state index >= 15 is 0 Å². The van der Waals surface area contributed by atoms with E-state index in [4.69, 9.17) is 0 Å². The highest BCUT2D eigenvalue weighted by Crippen LogP contribution is 2.35. The smallest absolute Gasteiger partial charge is 0.151 e. The van der Waals surface area contributed by atoms with Crippen LogP contribution in [-0.2, 0) is 6.42 Å². The monoisotopic (exact) mass is 328 g/mol. The van der Waals surface area contributed by atoms with Crippen LogP contribution in [0.15, 0.2) is 66.7 Å². The summed E-state index contributed by atoms with van der Waals surface area (Å²) in [6.07, 6.45) is 3.33. The first-order valence-electron chi connectivity index (χ1n) is 8.51. The molecule has 0 radical (unpaired) electrons. The summed E-state index contributed by atoms with van der Waals surface area (Å²) in [5.41, 5.74) is 5.81. The molecule has 0 fully saturated rings. The zero-order valence-corrected chi connectivity index (χ0v) is 14.2. The lowest BCUT2D eigenvalue weighted by molar-refractivity contribution is 0.109. The molecule has 25 heavy (non-hydrogen) atoms. The maximum Gasteiger partial charge on any atom is 0.151 e. The molecular weight excluding hydrogens is 308 g/mol. The van der Waals surface area contributed by atoms with Gasteiger partial charge in [0.2, 0.25) is 0 Å². The van der Waals surface area contributed by atoms with Gasteiger partial charge in [-0.2, -0.15) is 0 Å². The second-order valence-electron chi connectivity index (χ2n) is 6.00. The number of carbonyl (C=O) groups excluding carboxylic acids is 2. The van der Waals surface area contributed by atoms with Gasteiger partial charge in [-0.1, -0.05) is 80.1 Å². The van der Waals surface area contributed by atoms with E-state index in [1.54, 1.807) is 0 Å². The fraction of sp³-hybridized carbons (Fsp3) is 0.130. The Labute approximate surface area is 148 Å². The summed E-state index contributed by atoms with van der Waals surface area (Å²) in [4.78, 5) is 23.5. The number of hydrogen-bond donors (Lipinski definition) is 0. The molecule has 0 amide bonds. The lowest BCUT2D eigenvalue weighted by Gasteiger charge is -2.15. The molecule has 124 valence electrons. The van der Waals surface area contributed by atoms with Crippen LogP contribution < -0.4 is 0 Å². The minimum absolute atomic E-state index is 0.476. The van der Waals surface area contributed by atoms with Crippen LogP contribution in [0.1, 0.15) is 39.6 Å². The second-order valence-corrected chi connectivity index (χ2v) is 6.00. The largest absolute Gasteiger partial charge is 0.298 e. The topological polar surface area (TPSA) is 34.1 Å². The van der Waals surface area contributed by atoms with Crippen LogP contribution in [0.25, 0.3) is 22.3 Å². The lowest BCUT2D eigenvalue weighted by Crippen LogP contribution is -2.02. The standard InChI is InChI=1S/C23H20O2/c1-2-8-17-13-14-21(23(16-25)22(17)15-24)20-12-7-6-11-19(20)18-9-4-3-5-10-18/h3-7,9-16H,2,8H2,1H3. The number of carbonyl (C=O) groups is 2. The first kappa shape index (κ1) is 16.8. The molecule has 0 aliphatic heterocycles. The summed E-state index contributed by atoms with van der Waals surface area (Å²) in [6.45, 7) is 2.06. The van der Waals surface area contributed by atoms with Crippen LogP contribution >= 0.6 is 0 Å². The zero-order chi connectivity index (χ0) is 17.6. The van der Waals surface area contributed by atoms with Crippen molar-refractivity contribution in [1.29, 1.82) is 0 Å². The van der Waals surface area contributed by atoms with Crippen molar-refractivity contribution in [1.82, 2.24) is 0 Å². The van der Waals surface area contributed by atoms with Gasteiger partial charge in [-0.05, 0) is 34.2 Å². The molecule has 2 nitrogen and oxygen atoms in total. The molecule has 0 aliphatic carbocycles. The van der Waals surface area contributed by atoms with Gasteiger partial charge >= 0.3 is 0 Å². The van der Waals surface area contributed by atoms with E-state index < -0.39 is 0 Å². The first-order valence-corrected chi connectivity index (χ1v) is 8.51. The number of rotatable bonds is 6. The van der Waals surface area contributed by atoms with Gasteiger partial charge in [0.05, 0.1) is 0 Å². The van der Waals surface area contributed by atoms with Crippen molar-refractivity contribution in [2.45, 2.75) is 19.8 Å². The number of hydrogen-bond acceptors (Lipinski definition) is 2. The highest BCUT2D eigenvalue weighted by Gasteiger charge is 2.16. The van der Waals surface area contributed by atoms with Gasteiger partial charge in [-0.25, -0.2) is 0 Å². The van der Waals surface area contributed by atoms with Gasteiger partial charge in [-0.15, -0.1) is 0 Å². The SMILES string of the molecule is CCCc1ccc(-c2ccccc2-c2ccccc2)c(C=O)c1C=O. The Balaban J connectivity index is 2.25. The zero-order valence-electron chi connectivity index (χ0n) is 14.2. The molecule has 3 aromatic rings. The molecule has 0 saturated heterocycles. The lowest BCUT2D eigenvalue weighted by atomic mass is 9.88. The van der Waals surface area contributed by atoms with Gasteiger partial charge in [0.1, 0.15) is 0 Å². The van der Waals surface area contributed by atoms with E-state index in [0.29, 0.717) is 11.1 Å². The van der Waals surface area contributed by atoms with Crippen LogP contribution in [0.2, 0.25) is 0 Å². The molecule has 0 atom stereocenters. The highest BCUT2D eigenvalue weighted by atomic mass is 16.1. The summed E-state index contributed by atoms with van der Waals surface area (Å²) in [5, 5.41) is 0. The molecule has 2 heteroatoms. The quantitative estimate of drug-likeness (QED) is 0.552. The van der Waals surface area contributed by atoms with Crippen molar-refractivity contribution in [3.05, 3.63) is 83.4 Å². The number of benzene rings is 3. The predicted molar refractivity (Wildman–Crippen MR) is 102 cm³/mol. The van der Waals surface area contributed by atoms with Crippen LogP contribution in [0.3, 0.4) is 0 Å². The molecule has 0 heterocycles. The Morgan fingerprint density at radius 3 is 1.96 bits per heavy atom. The van der Waals surface area contributed by atoms with Gasteiger partial charge in [0.25, 0.3) is 0 Å². The Bertz CT molecular complexity index is 895. The fourth-order valence-corrected chi connectivity index (χ4v) is 3.26. The third-order valence-electron chi connectivity index (χ3n) is 4.43. The van der Waals surface area contributed by atoms with Gasteiger partial charge in [-0.3, -0.25) is 9.59 Å². The maximum atomic E-state index is 11.8. The highest BCUT2D eigenvalue weighted by molar-refractivity contribution is 6.00. The third kappa shape index (κ3) is 3.29. The molecule has 3 rings (SSSR count). The molecule has 0 N–H and O–H groups in total. The van der Waals surface area contributed by atoms with E-state index in [2.05, 4.69) is 6.92 Å². The minimum atomic E-state index is 0.476. The van der Waals surface area contributed by atoms with Crippen molar-refractivity contribution in [3.63, 3.8) is 0 Å². The molecular formula is C23H20O2. The average molecular weight is 328 g/mol. The Kier molecular flexibility index (Phi) is 5.20. The molecule has 3 aromatic carbocycles. The maximum absolute atomic E-state index is 11.8. The van der Waals surface area contributed by atoms with Gasteiger partial charge < -0.3 is 0 Å². The van der Waals surface area contributed by atoms with Crippen LogP contribution in [-0.4, -0.2) is 12.6 Å². The van der Waals surface area contributed by atoms with E-state index in [-0.39, 0.29) is 0 Å². The average Bonchev–Trinajstić information content (AvgIpc) is 2.68. The van der Waals surface area contributed by atoms with Gasteiger partial charge in [0, 0.05) is 11.1 Å². The molecule has 0 aromatic heterocycles. The fourth-order valence-electron chi connectivity index (χ4n) is 3.26. The summed E-state index contributed by atoms with van der Waals surface area (Å²) < 4.78 is 0. The van der Waals surface area contributed by atoms with Crippen molar-refractivity contribution < 1.29 is 9.59 Å². The number of aryl methyl sites for hydroxylation is 1. The third-order valence-corrected chi connectivity index (χ3v) is 4.43. The Morgan fingerprint density at radius 2 is 1.32 bits per heavy atom. The van der Waals surface area contributed by atoms with Gasteiger partial charge in [0.15, 0.2) is 12.6 Å². The van der Waals surface area contributed by atoms with Crippen molar-refractivity contribution >= 4 is 12.6 Å². The van der Waals surface area contributed by atoms with Crippen molar-refractivity contribution in [2.24, 2.45) is 0 Å². The molecule has 0 bridgehead atoms. The normalized spacial score (nSPS) is 10.4. The Morgan fingerprint density at radius 1 is 0.680 bits per heavy atom. The van der Waals surface area contributed by atoms with E-state index in [9.17, 15) is 9.59 Å². The molecule has 0 unspecified atom stereocenters. The summed E-state index contributed by atoms with van der Waals surface area (Å²) >= 11 is 0. The summed E-state index contributed by atoms with van der Waals surface area (Å²) in [5.74, 6) is 0. The van der Waals surface area contributed by atoms with Crippen LogP contribution in [0.5, 0.6) is 0 Å². The van der Waals surface area contributed by atoms with Crippen LogP contribution in [0.4, 0.5) is 0 Å². The van der Waals surface area contributed by atoms with Crippen molar-refractivity contribution in [3.8, 4) is 22.3 Å². The predicted octanol–water partition coefficient (Wildman–Crippen LogP) is 5.60. The van der Waals surface area contributed by atoms with Crippen molar-refractivity contribution in [2.75, 3.05) is 0 Å². The molecule has 0 saturated carbocycles. The second kappa shape index (κ2) is 7.71. The van der Waals surface area contributed by atoms with E-state index in [0.717, 1.165) is 53.2 Å². The first-order chi connectivity index (χ1) is 12.3. The molecule has 0 spiro atoms. The van der Waals surface area contributed by atoms with E-state index in [1.807, 2.05) is 66.7 Å². The molecule has 0 aliphatic rings. The Hall–Kier alpha value is -3.00. The summed E-state index contributed by atoms with van der Waals surface area (Å²) in [7, 11) is 0. The minimum Gasteiger partial charge on any atom is -0.298 e. The number of aldehydes is 2. The van der Waals surface area contributed by atoms with E-state index in [1.165, 1.54) is 0 Å².